The summed E-state index contributed by atoms with van der Waals surface area (Å²) in [7, 11) is 1.60. The smallest absolute Gasteiger partial charge is 0.266 e. The maximum absolute atomic E-state index is 12.4. The molecule has 0 unspecified atom stereocenters. The molecule has 0 fully saturated rings. The van der Waals surface area contributed by atoms with Gasteiger partial charge in [0.05, 0.1) is 13.1 Å². The van der Waals surface area contributed by atoms with Gasteiger partial charge in [-0.1, -0.05) is 30.3 Å². The number of carbonyl (C=O) groups excluding carboxylic acids is 2. The highest BCUT2D eigenvalue weighted by atomic mass is 16.5. The molecule has 0 saturated heterocycles. The molecule has 0 radical (unpaired) electrons. The van der Waals surface area contributed by atoms with E-state index in [1.165, 1.54) is 30.3 Å². The second-order valence-electron chi connectivity index (χ2n) is 5.96. The van der Waals surface area contributed by atoms with E-state index in [2.05, 4.69) is 5.32 Å². The third kappa shape index (κ3) is 4.17. The van der Waals surface area contributed by atoms with Crippen LogP contribution in [0.15, 0.2) is 66.2 Å². The maximum atomic E-state index is 12.4. The molecule has 0 spiro atoms. The number of rotatable bonds is 5. The Kier molecular flexibility index (Phi) is 5.38. The van der Waals surface area contributed by atoms with Crippen molar-refractivity contribution < 1.29 is 19.4 Å². The molecule has 1 N–H and O–H groups in total. The van der Waals surface area contributed by atoms with E-state index in [1.54, 1.807) is 13.2 Å². The van der Waals surface area contributed by atoms with Crippen molar-refractivity contribution in [2.75, 3.05) is 12.4 Å². The summed E-state index contributed by atoms with van der Waals surface area (Å²) >= 11 is 0. The van der Waals surface area contributed by atoms with Gasteiger partial charge in [0.2, 0.25) is 0 Å². The van der Waals surface area contributed by atoms with Crippen molar-refractivity contribution in [3.8, 4) is 11.8 Å². The van der Waals surface area contributed by atoms with Gasteiger partial charge in [-0.2, -0.15) is 5.26 Å². The van der Waals surface area contributed by atoms with Crippen LogP contribution in [0.5, 0.6) is 5.75 Å². The number of amides is 1. The number of carboxylic acid groups (broad SMARTS) is 1. The molecule has 0 aromatic heterocycles. The Hall–Kier alpha value is -4.11. The molecule has 3 rings (SSSR count). The van der Waals surface area contributed by atoms with Crippen molar-refractivity contribution in [3.63, 3.8) is 0 Å². The average Bonchev–Trinajstić information content (AvgIpc) is 2.71. The molecule has 6 heteroatoms. The Bertz CT molecular complexity index is 1130. The number of ether oxygens (including phenoxy) is 1. The summed E-state index contributed by atoms with van der Waals surface area (Å²) < 4.78 is 5.20. The zero-order valence-electron chi connectivity index (χ0n) is 14.9. The van der Waals surface area contributed by atoms with E-state index in [9.17, 15) is 20.0 Å². The first kappa shape index (κ1) is 18.7. The minimum atomic E-state index is -1.30. The summed E-state index contributed by atoms with van der Waals surface area (Å²) in [6, 6.07) is 18.6. The molecule has 0 atom stereocenters. The number of nitriles is 1. The Balaban J connectivity index is 1.82. The van der Waals surface area contributed by atoms with Crippen LogP contribution in [-0.2, 0) is 4.79 Å². The molecule has 28 heavy (non-hydrogen) atoms. The van der Waals surface area contributed by atoms with Crippen LogP contribution >= 0.6 is 0 Å². The number of nitrogens with one attached hydrogen (secondary N) is 1. The van der Waals surface area contributed by atoms with Crippen LogP contribution in [0.1, 0.15) is 15.9 Å². The zero-order valence-corrected chi connectivity index (χ0v) is 14.9. The number of aromatic carboxylic acids is 1. The van der Waals surface area contributed by atoms with Gasteiger partial charge in [0, 0.05) is 5.69 Å². The molecule has 1 amide bonds. The second-order valence-corrected chi connectivity index (χ2v) is 5.96. The van der Waals surface area contributed by atoms with E-state index in [0.717, 1.165) is 16.5 Å². The summed E-state index contributed by atoms with van der Waals surface area (Å²) in [5, 5.41) is 24.6. The second kappa shape index (κ2) is 8.06. The summed E-state index contributed by atoms with van der Waals surface area (Å²) in [5.41, 5.74) is 1.01. The number of hydrogen-bond acceptors (Lipinski definition) is 5. The normalized spacial score (nSPS) is 10.9. The van der Waals surface area contributed by atoms with E-state index in [0.29, 0.717) is 11.3 Å². The predicted octanol–water partition coefficient (Wildman–Crippen LogP) is 2.76. The van der Waals surface area contributed by atoms with E-state index < -0.39 is 11.9 Å². The van der Waals surface area contributed by atoms with Crippen LogP contribution in [0, 0.1) is 11.3 Å². The van der Waals surface area contributed by atoms with E-state index in [1.807, 2.05) is 36.4 Å². The maximum Gasteiger partial charge on any atom is 0.266 e. The molecule has 0 aliphatic heterocycles. The van der Waals surface area contributed by atoms with Crippen LogP contribution in [-0.4, -0.2) is 19.0 Å². The van der Waals surface area contributed by atoms with Gasteiger partial charge in [-0.25, -0.2) is 0 Å². The summed E-state index contributed by atoms with van der Waals surface area (Å²) in [6.07, 6.45) is 1.49. The number of anilines is 1. The van der Waals surface area contributed by atoms with Gasteiger partial charge in [-0.15, -0.1) is 0 Å². The summed E-state index contributed by atoms with van der Waals surface area (Å²) in [6.45, 7) is 0. The van der Waals surface area contributed by atoms with E-state index >= 15 is 0 Å². The number of carbonyl (C=O) groups is 2. The zero-order chi connectivity index (χ0) is 20.1. The molecule has 0 heterocycles. The van der Waals surface area contributed by atoms with Gasteiger partial charge in [0.15, 0.2) is 0 Å². The number of benzene rings is 3. The van der Waals surface area contributed by atoms with Gasteiger partial charge in [0.25, 0.3) is 5.91 Å². The Labute approximate surface area is 161 Å². The highest BCUT2D eigenvalue weighted by molar-refractivity contribution is 6.10. The Morgan fingerprint density at radius 1 is 1.04 bits per heavy atom. The molecule has 0 aliphatic carbocycles. The largest absolute Gasteiger partial charge is 0.545 e. The minimum absolute atomic E-state index is 0.00171. The Morgan fingerprint density at radius 2 is 1.71 bits per heavy atom. The van der Waals surface area contributed by atoms with Crippen LogP contribution in [0.3, 0.4) is 0 Å². The fourth-order valence-corrected chi connectivity index (χ4v) is 2.66. The van der Waals surface area contributed by atoms with E-state index in [-0.39, 0.29) is 11.1 Å². The van der Waals surface area contributed by atoms with Crippen molar-refractivity contribution >= 4 is 34.4 Å². The minimum Gasteiger partial charge on any atom is -0.545 e. The number of hydrogen-bond donors (Lipinski definition) is 1. The van der Waals surface area contributed by atoms with Crippen molar-refractivity contribution in [3.05, 3.63) is 77.4 Å². The molecule has 6 nitrogen and oxygen atoms in total. The number of methoxy groups -OCH3 is 1. The molecular formula is C22H15N2O4-. The average molecular weight is 371 g/mol. The van der Waals surface area contributed by atoms with Crippen molar-refractivity contribution in [1.29, 1.82) is 5.26 Å². The van der Waals surface area contributed by atoms with Crippen LogP contribution in [0.2, 0.25) is 0 Å². The lowest BCUT2D eigenvalue weighted by molar-refractivity contribution is -0.255. The molecule has 0 saturated carbocycles. The summed E-state index contributed by atoms with van der Waals surface area (Å²) in [4.78, 5) is 23.1. The number of fused-ring (bicyclic) bond motifs is 1. The molecular weight excluding hydrogens is 356 g/mol. The molecule has 0 aliphatic rings. The lowest BCUT2D eigenvalue weighted by Gasteiger charge is -2.07. The molecule has 0 bridgehead atoms. The highest BCUT2D eigenvalue weighted by Crippen LogP contribution is 2.23. The van der Waals surface area contributed by atoms with Gasteiger partial charge >= 0.3 is 0 Å². The van der Waals surface area contributed by atoms with Crippen molar-refractivity contribution in [2.24, 2.45) is 0 Å². The highest BCUT2D eigenvalue weighted by Gasteiger charge is 2.10. The van der Waals surface area contributed by atoms with Gasteiger partial charge in [0.1, 0.15) is 17.4 Å². The van der Waals surface area contributed by atoms with Gasteiger partial charge < -0.3 is 20.0 Å². The predicted molar refractivity (Wildman–Crippen MR) is 103 cm³/mol. The quantitative estimate of drug-likeness (QED) is 0.549. The molecule has 3 aromatic carbocycles. The molecule has 138 valence electrons. The lowest BCUT2D eigenvalue weighted by Crippen LogP contribution is -2.22. The monoisotopic (exact) mass is 371 g/mol. The van der Waals surface area contributed by atoms with Gasteiger partial charge in [-0.3, -0.25) is 4.79 Å². The SMILES string of the molecule is COc1ccc2cc(/C=C(\C#N)C(=O)Nc3ccc(C(=O)[O-])cc3)ccc2c1. The first-order valence-corrected chi connectivity index (χ1v) is 8.32. The third-order valence-electron chi connectivity index (χ3n) is 4.13. The summed E-state index contributed by atoms with van der Waals surface area (Å²) in [5.74, 6) is -1.14. The first-order chi connectivity index (χ1) is 13.5. The fraction of sp³-hybridized carbons (Fsp3) is 0.0455. The van der Waals surface area contributed by atoms with Crippen LogP contribution in [0.4, 0.5) is 5.69 Å². The van der Waals surface area contributed by atoms with Crippen LogP contribution < -0.4 is 15.2 Å². The first-order valence-electron chi connectivity index (χ1n) is 8.32. The van der Waals surface area contributed by atoms with Crippen LogP contribution in [0.25, 0.3) is 16.8 Å². The van der Waals surface area contributed by atoms with Gasteiger partial charge in [-0.05, 0) is 58.3 Å². The fourth-order valence-electron chi connectivity index (χ4n) is 2.66. The third-order valence-corrected chi connectivity index (χ3v) is 4.13. The number of carboxylic acids is 1. The lowest BCUT2D eigenvalue weighted by atomic mass is 10.0. The number of nitrogens with zero attached hydrogens (tertiary/aromatic N) is 1. The molecule has 3 aromatic rings. The van der Waals surface area contributed by atoms with E-state index in [4.69, 9.17) is 4.74 Å². The topological polar surface area (TPSA) is 102 Å². The van der Waals surface area contributed by atoms with Crippen molar-refractivity contribution in [1.82, 2.24) is 0 Å². The Morgan fingerprint density at radius 3 is 2.36 bits per heavy atom. The standard InChI is InChI=1S/C22H16N2O4/c1-28-20-9-6-16-10-14(2-3-17(16)12-20)11-18(13-23)21(25)24-19-7-4-15(5-8-19)22(26)27/h2-12H,1H3,(H,24,25)(H,26,27)/p-1/b18-11+. The van der Waals surface area contributed by atoms with Crippen molar-refractivity contribution in [2.45, 2.75) is 0 Å².